The molecule has 3 aromatic heterocycles. The molecule has 4 heterocycles. The number of carbonyl (C=O) groups is 3. The van der Waals surface area contributed by atoms with Gasteiger partial charge in [-0.3, -0.25) is 4.79 Å². The summed E-state index contributed by atoms with van der Waals surface area (Å²) in [5.41, 5.74) is -1.38. The first-order valence-corrected chi connectivity index (χ1v) is 13.0. The number of fused-ring (bicyclic) bond motifs is 2. The molecule has 0 radical (unpaired) electrons. The maximum Gasteiger partial charge on any atom is 0.433 e. The van der Waals surface area contributed by atoms with Crippen LogP contribution in [-0.2, 0) is 15.7 Å². The molecule has 0 fully saturated rings. The van der Waals surface area contributed by atoms with E-state index in [9.17, 15) is 27.6 Å². The molecule has 11 nitrogen and oxygen atoms in total. The van der Waals surface area contributed by atoms with E-state index in [-0.39, 0.29) is 52.4 Å². The van der Waals surface area contributed by atoms with Gasteiger partial charge in [0.15, 0.2) is 28.5 Å². The zero-order chi connectivity index (χ0) is 29.5. The van der Waals surface area contributed by atoms with Gasteiger partial charge >= 0.3 is 18.1 Å². The molecular weight excluding hydrogens is 569 g/mol. The third kappa shape index (κ3) is 5.27. The van der Waals surface area contributed by atoms with Crippen molar-refractivity contribution in [1.82, 2.24) is 14.6 Å². The van der Waals surface area contributed by atoms with Gasteiger partial charge in [0, 0.05) is 11.6 Å². The predicted molar refractivity (Wildman–Crippen MR) is 138 cm³/mol. The fourth-order valence-corrected chi connectivity index (χ4v) is 5.18. The van der Waals surface area contributed by atoms with E-state index in [0.29, 0.717) is 21.6 Å². The minimum atomic E-state index is -4.84. The van der Waals surface area contributed by atoms with E-state index < -0.39 is 35.4 Å². The summed E-state index contributed by atoms with van der Waals surface area (Å²) in [6.45, 7) is 4.79. The maximum atomic E-state index is 14.1. The number of hydrogen-bond acceptors (Lipinski definition) is 10. The van der Waals surface area contributed by atoms with Gasteiger partial charge in [0.05, 0.1) is 24.5 Å². The van der Waals surface area contributed by atoms with Crippen molar-refractivity contribution in [2.45, 2.75) is 26.9 Å². The molecule has 15 heteroatoms. The number of hydrogen-bond donors (Lipinski definition) is 1. The highest BCUT2D eigenvalue weighted by Gasteiger charge is 2.36. The summed E-state index contributed by atoms with van der Waals surface area (Å²) in [5.74, 6) is -1.63. The molecule has 0 aliphatic carbocycles. The number of nitrogens with one attached hydrogen (secondary N) is 1. The molecule has 0 bridgehead atoms. The molecule has 0 unspecified atom stereocenters. The van der Waals surface area contributed by atoms with E-state index >= 15 is 0 Å². The number of esters is 2. The molecule has 5 rings (SSSR count). The highest BCUT2D eigenvalue weighted by atomic mass is 32.1. The summed E-state index contributed by atoms with van der Waals surface area (Å²) in [4.78, 5) is 42.6. The first kappa shape index (κ1) is 27.9. The molecule has 0 spiro atoms. The molecule has 41 heavy (non-hydrogen) atoms. The van der Waals surface area contributed by atoms with Crippen molar-refractivity contribution >= 4 is 39.8 Å². The van der Waals surface area contributed by atoms with Crippen LogP contribution in [0.15, 0.2) is 30.3 Å². The minimum Gasteiger partial charge on any atom is -0.462 e. The average Bonchev–Trinajstić information content (AvgIpc) is 3.64. The Hall–Kier alpha value is -4.66. The Morgan fingerprint density at radius 3 is 2.46 bits per heavy atom. The molecule has 1 aliphatic heterocycles. The van der Waals surface area contributed by atoms with Crippen molar-refractivity contribution in [3.05, 3.63) is 57.7 Å². The summed E-state index contributed by atoms with van der Waals surface area (Å²) in [6, 6.07) is 6.49. The summed E-state index contributed by atoms with van der Waals surface area (Å²) < 4.78 is 63.4. The lowest BCUT2D eigenvalue weighted by atomic mass is 10.1. The summed E-state index contributed by atoms with van der Waals surface area (Å²) in [7, 11) is 0. The Bertz CT molecular complexity index is 1700. The zero-order valence-corrected chi connectivity index (χ0v) is 22.6. The van der Waals surface area contributed by atoms with Crippen LogP contribution in [-0.4, -0.2) is 52.5 Å². The Morgan fingerprint density at radius 2 is 1.76 bits per heavy atom. The number of anilines is 1. The Labute approximate surface area is 233 Å². The van der Waals surface area contributed by atoms with Crippen molar-refractivity contribution in [3.63, 3.8) is 0 Å². The Kier molecular flexibility index (Phi) is 7.29. The van der Waals surface area contributed by atoms with Gasteiger partial charge in [-0.1, -0.05) is 0 Å². The van der Waals surface area contributed by atoms with Gasteiger partial charge in [-0.15, -0.1) is 11.3 Å². The molecule has 1 aliphatic rings. The van der Waals surface area contributed by atoms with Crippen LogP contribution < -0.4 is 14.8 Å². The largest absolute Gasteiger partial charge is 0.462 e. The van der Waals surface area contributed by atoms with Crippen molar-refractivity contribution in [2.24, 2.45) is 0 Å². The van der Waals surface area contributed by atoms with E-state index in [2.05, 4.69) is 15.4 Å². The van der Waals surface area contributed by atoms with E-state index in [1.54, 1.807) is 19.9 Å². The van der Waals surface area contributed by atoms with Crippen LogP contribution in [0.1, 0.15) is 55.6 Å². The van der Waals surface area contributed by atoms with Crippen LogP contribution in [0.25, 0.3) is 16.9 Å². The molecule has 0 saturated heterocycles. The predicted octanol–water partition coefficient (Wildman–Crippen LogP) is 5.12. The van der Waals surface area contributed by atoms with Gasteiger partial charge in [-0.05, 0) is 50.6 Å². The first-order chi connectivity index (χ1) is 19.5. The van der Waals surface area contributed by atoms with Gasteiger partial charge in [0.25, 0.3) is 5.91 Å². The lowest BCUT2D eigenvalue weighted by molar-refractivity contribution is -0.142. The number of rotatable bonds is 7. The number of thiophene rings is 1. The lowest BCUT2D eigenvalue weighted by Crippen LogP contribution is -2.17. The lowest BCUT2D eigenvalue weighted by Gasteiger charge is -2.11. The number of alkyl halides is 3. The average molecular weight is 591 g/mol. The molecule has 1 amide bonds. The highest BCUT2D eigenvalue weighted by molar-refractivity contribution is 7.18. The van der Waals surface area contributed by atoms with E-state index in [1.165, 1.54) is 19.1 Å². The first-order valence-electron chi connectivity index (χ1n) is 12.2. The molecule has 1 aromatic carbocycles. The monoisotopic (exact) mass is 590 g/mol. The van der Waals surface area contributed by atoms with E-state index in [0.717, 1.165) is 23.5 Å². The minimum absolute atomic E-state index is 0.0108. The third-order valence-electron chi connectivity index (χ3n) is 5.93. The zero-order valence-electron chi connectivity index (χ0n) is 21.7. The maximum absolute atomic E-state index is 14.1. The molecular formula is C26H21F3N4O7S. The van der Waals surface area contributed by atoms with E-state index in [4.69, 9.17) is 18.9 Å². The van der Waals surface area contributed by atoms with Crippen LogP contribution in [0, 0.1) is 6.92 Å². The van der Waals surface area contributed by atoms with Gasteiger partial charge in [-0.25, -0.2) is 19.1 Å². The molecule has 214 valence electrons. The van der Waals surface area contributed by atoms with Crippen molar-refractivity contribution in [2.75, 3.05) is 25.3 Å². The fourth-order valence-electron chi connectivity index (χ4n) is 4.10. The van der Waals surface area contributed by atoms with Crippen LogP contribution in [0.4, 0.5) is 18.2 Å². The smallest absolute Gasteiger partial charge is 0.433 e. The third-order valence-corrected chi connectivity index (χ3v) is 7.12. The van der Waals surface area contributed by atoms with Crippen molar-refractivity contribution in [1.29, 1.82) is 0 Å². The van der Waals surface area contributed by atoms with Crippen molar-refractivity contribution in [3.8, 4) is 22.8 Å². The molecule has 0 atom stereocenters. The van der Waals surface area contributed by atoms with Gasteiger partial charge in [0.1, 0.15) is 9.88 Å². The van der Waals surface area contributed by atoms with E-state index in [1.807, 2.05) is 0 Å². The number of ether oxygens (including phenoxy) is 4. The second kappa shape index (κ2) is 10.7. The van der Waals surface area contributed by atoms with Crippen LogP contribution in [0.5, 0.6) is 11.5 Å². The number of aromatic nitrogens is 3. The number of halogens is 3. The Morgan fingerprint density at radius 1 is 1.05 bits per heavy atom. The number of carbonyl (C=O) groups excluding carboxylic acids is 3. The Balaban J connectivity index is 1.54. The summed E-state index contributed by atoms with van der Waals surface area (Å²) in [5, 5.41) is 6.28. The normalized spacial score (nSPS) is 12.4. The van der Waals surface area contributed by atoms with Crippen LogP contribution in [0.3, 0.4) is 0 Å². The molecule has 4 aromatic rings. The fraction of sp³-hybridized carbons (Fsp3) is 0.269. The second-order valence-electron chi connectivity index (χ2n) is 8.55. The standard InChI is InChI=1S/C26H21F3N4O7S/c1-4-37-24(35)20-12(3)21(25(36)38-5-2)41-23(20)31-22(34)15-10-19-30-14(9-18(26(27,28)29)33(19)32-15)13-6-7-16-17(8-13)40-11-39-16/h6-10H,4-5,11H2,1-3H3,(H,31,34). The quantitative estimate of drug-likeness (QED) is 0.292. The van der Waals surface area contributed by atoms with Crippen molar-refractivity contribution < 1.29 is 46.5 Å². The van der Waals surface area contributed by atoms with Gasteiger partial charge in [-0.2, -0.15) is 18.3 Å². The summed E-state index contributed by atoms with van der Waals surface area (Å²) in [6.07, 6.45) is -4.84. The topological polar surface area (TPSA) is 130 Å². The van der Waals surface area contributed by atoms with Crippen LogP contribution >= 0.6 is 11.3 Å². The number of benzene rings is 1. The molecule has 0 saturated carbocycles. The van der Waals surface area contributed by atoms with Crippen LogP contribution in [0.2, 0.25) is 0 Å². The summed E-state index contributed by atoms with van der Waals surface area (Å²) >= 11 is 0.775. The highest BCUT2D eigenvalue weighted by Crippen LogP contribution is 2.38. The van der Waals surface area contributed by atoms with Gasteiger partial charge < -0.3 is 24.3 Å². The SMILES string of the molecule is CCOC(=O)c1sc(NC(=O)c2cc3nc(-c4ccc5c(c4)OCO5)cc(C(F)(F)F)n3n2)c(C(=O)OCC)c1C. The number of amides is 1. The number of nitrogens with zero attached hydrogens (tertiary/aromatic N) is 3. The molecule has 1 N–H and O–H groups in total. The van der Waals surface area contributed by atoms with Gasteiger partial charge in [0.2, 0.25) is 6.79 Å². The second-order valence-corrected chi connectivity index (χ2v) is 9.57.